The highest BCUT2D eigenvalue weighted by Gasteiger charge is 2.26. The molecule has 1 aliphatic carbocycles. The number of nitrogens with one attached hydrogen (secondary N) is 1. The lowest BCUT2D eigenvalue weighted by atomic mass is 10.2. The van der Waals surface area contributed by atoms with Gasteiger partial charge in [-0.15, -0.1) is 11.3 Å². The maximum atomic E-state index is 14.4. The molecule has 0 radical (unpaired) electrons. The molecule has 1 N–H and O–H groups in total. The van der Waals surface area contributed by atoms with Gasteiger partial charge in [0.2, 0.25) is 5.91 Å². The van der Waals surface area contributed by atoms with E-state index in [9.17, 15) is 14.0 Å². The van der Waals surface area contributed by atoms with Gasteiger partial charge in [0, 0.05) is 17.1 Å². The average Bonchev–Trinajstić information content (AvgIpc) is 3.58. The van der Waals surface area contributed by atoms with E-state index >= 15 is 0 Å². The van der Waals surface area contributed by atoms with Gasteiger partial charge in [-0.05, 0) is 62.6 Å². The van der Waals surface area contributed by atoms with Crippen LogP contribution >= 0.6 is 11.3 Å². The van der Waals surface area contributed by atoms with Gasteiger partial charge in [0.05, 0.1) is 16.3 Å². The Balaban J connectivity index is 1.49. The predicted octanol–water partition coefficient (Wildman–Crippen LogP) is 5.55. The second-order valence-corrected chi connectivity index (χ2v) is 10.1. The van der Waals surface area contributed by atoms with Crippen LogP contribution in [0.3, 0.4) is 0 Å². The third kappa shape index (κ3) is 4.71. The molecule has 4 aromatic rings. The van der Waals surface area contributed by atoms with Gasteiger partial charge in [0.15, 0.2) is 0 Å². The molecule has 0 unspecified atom stereocenters. The number of hydrogen-bond donors (Lipinski definition) is 1. The van der Waals surface area contributed by atoms with Crippen molar-refractivity contribution in [3.05, 3.63) is 76.5 Å². The summed E-state index contributed by atoms with van der Waals surface area (Å²) < 4.78 is 16.3. The summed E-state index contributed by atoms with van der Waals surface area (Å²) in [4.78, 5) is 29.3. The van der Waals surface area contributed by atoms with Crippen LogP contribution in [0.2, 0.25) is 0 Å². The van der Waals surface area contributed by atoms with Crippen LogP contribution in [-0.4, -0.2) is 34.2 Å². The van der Waals surface area contributed by atoms with Crippen molar-refractivity contribution in [3.63, 3.8) is 0 Å². The molecule has 0 atom stereocenters. The van der Waals surface area contributed by atoms with Crippen LogP contribution in [0.25, 0.3) is 15.9 Å². The molecule has 1 aliphatic rings. The highest BCUT2D eigenvalue weighted by molar-refractivity contribution is 7.20. The average molecular weight is 491 g/mol. The SMILES string of the molecule is Cc1ccc(N(CC(=O)NC2CCCC2)C(=O)c2cc3c(C)nn(-c4ccccc4)c3s2)cc1F. The molecule has 0 saturated heterocycles. The zero-order chi connectivity index (χ0) is 24.5. The quantitative estimate of drug-likeness (QED) is 0.385. The van der Waals surface area contributed by atoms with Crippen molar-refractivity contribution < 1.29 is 14.0 Å². The Morgan fingerprint density at radius 1 is 1.11 bits per heavy atom. The number of rotatable bonds is 6. The molecule has 8 heteroatoms. The van der Waals surface area contributed by atoms with Gasteiger partial charge in [-0.25, -0.2) is 9.07 Å². The summed E-state index contributed by atoms with van der Waals surface area (Å²) in [5.41, 5.74) is 2.56. The summed E-state index contributed by atoms with van der Waals surface area (Å²) in [7, 11) is 0. The summed E-state index contributed by atoms with van der Waals surface area (Å²) in [6, 6.07) is 16.3. The van der Waals surface area contributed by atoms with E-state index in [0.717, 1.165) is 47.3 Å². The standard InChI is InChI=1S/C27H27FN4O2S/c1-17-12-13-21(14-23(17)28)31(16-25(33)29-19-8-6-7-9-19)26(34)24-15-22-18(2)30-32(27(22)35-24)20-10-4-3-5-11-20/h3-5,10-15,19H,6-9,16H2,1-2H3,(H,29,33). The van der Waals surface area contributed by atoms with Gasteiger partial charge in [-0.3, -0.25) is 14.5 Å². The fourth-order valence-electron chi connectivity index (χ4n) is 4.55. The number of halogens is 1. The van der Waals surface area contributed by atoms with Crippen LogP contribution in [0.1, 0.15) is 46.6 Å². The molecule has 0 spiro atoms. The van der Waals surface area contributed by atoms with E-state index < -0.39 is 5.82 Å². The molecule has 5 rings (SSSR count). The van der Waals surface area contributed by atoms with Crippen molar-refractivity contribution in [2.45, 2.75) is 45.6 Å². The maximum Gasteiger partial charge on any atom is 0.268 e. The van der Waals surface area contributed by atoms with Crippen molar-refractivity contribution in [3.8, 4) is 5.69 Å². The first-order chi connectivity index (χ1) is 16.9. The van der Waals surface area contributed by atoms with Crippen molar-refractivity contribution in [1.29, 1.82) is 0 Å². The number of hydrogen-bond acceptors (Lipinski definition) is 4. The monoisotopic (exact) mass is 490 g/mol. The second-order valence-electron chi connectivity index (χ2n) is 9.04. The molecule has 6 nitrogen and oxygen atoms in total. The van der Waals surface area contributed by atoms with Gasteiger partial charge in [0.25, 0.3) is 5.91 Å². The van der Waals surface area contributed by atoms with E-state index in [0.29, 0.717) is 16.1 Å². The van der Waals surface area contributed by atoms with E-state index in [4.69, 9.17) is 0 Å². The normalized spacial score (nSPS) is 13.9. The Morgan fingerprint density at radius 3 is 2.57 bits per heavy atom. The van der Waals surface area contributed by atoms with Crippen molar-refractivity contribution in [1.82, 2.24) is 15.1 Å². The maximum absolute atomic E-state index is 14.4. The van der Waals surface area contributed by atoms with Crippen LogP contribution in [0.15, 0.2) is 54.6 Å². The minimum absolute atomic E-state index is 0.137. The number of fused-ring (bicyclic) bond motifs is 1. The Morgan fingerprint density at radius 2 is 1.86 bits per heavy atom. The fraction of sp³-hybridized carbons (Fsp3) is 0.296. The van der Waals surface area contributed by atoms with E-state index in [1.807, 2.05) is 48.0 Å². The second kappa shape index (κ2) is 9.62. The number of aromatic nitrogens is 2. The molecule has 0 aliphatic heterocycles. The zero-order valence-corrected chi connectivity index (χ0v) is 20.6. The molecular weight excluding hydrogens is 463 g/mol. The van der Waals surface area contributed by atoms with Gasteiger partial charge >= 0.3 is 0 Å². The first kappa shape index (κ1) is 23.2. The van der Waals surface area contributed by atoms with E-state index in [1.165, 1.54) is 22.3 Å². The first-order valence-corrected chi connectivity index (χ1v) is 12.6. The molecule has 1 fully saturated rings. The van der Waals surface area contributed by atoms with Gasteiger partial charge in [-0.2, -0.15) is 5.10 Å². The minimum atomic E-state index is -0.414. The molecule has 1 saturated carbocycles. The third-order valence-electron chi connectivity index (χ3n) is 6.49. The number of carbonyl (C=O) groups excluding carboxylic acids is 2. The number of nitrogens with zero attached hydrogens (tertiary/aromatic N) is 3. The fourth-order valence-corrected chi connectivity index (χ4v) is 5.68. The third-order valence-corrected chi connectivity index (χ3v) is 7.59. The van der Waals surface area contributed by atoms with Gasteiger partial charge in [0.1, 0.15) is 17.2 Å². The molecule has 180 valence electrons. The summed E-state index contributed by atoms with van der Waals surface area (Å²) in [5.74, 6) is -0.988. The topological polar surface area (TPSA) is 67.2 Å². The lowest BCUT2D eigenvalue weighted by Gasteiger charge is -2.23. The summed E-state index contributed by atoms with van der Waals surface area (Å²) in [6.07, 6.45) is 4.08. The number of para-hydroxylation sites is 1. The molecule has 0 bridgehead atoms. The van der Waals surface area contributed by atoms with Crippen LogP contribution in [0.5, 0.6) is 0 Å². The number of benzene rings is 2. The molecular formula is C27H27FN4O2S. The minimum Gasteiger partial charge on any atom is -0.352 e. The lowest BCUT2D eigenvalue weighted by molar-refractivity contribution is -0.120. The molecule has 2 aromatic carbocycles. The zero-order valence-electron chi connectivity index (χ0n) is 19.8. The van der Waals surface area contributed by atoms with E-state index in [-0.39, 0.29) is 24.4 Å². The molecule has 2 amide bonds. The molecule has 2 aromatic heterocycles. The number of thiophene rings is 1. The van der Waals surface area contributed by atoms with Crippen molar-refractivity contribution in [2.75, 3.05) is 11.4 Å². The van der Waals surface area contributed by atoms with E-state index in [1.54, 1.807) is 19.1 Å². The molecule has 35 heavy (non-hydrogen) atoms. The number of amides is 2. The summed E-state index contributed by atoms with van der Waals surface area (Å²) >= 11 is 1.32. The van der Waals surface area contributed by atoms with Gasteiger partial charge < -0.3 is 5.32 Å². The van der Waals surface area contributed by atoms with Crippen molar-refractivity contribution >= 4 is 39.1 Å². The summed E-state index contributed by atoms with van der Waals surface area (Å²) in [6.45, 7) is 3.41. The number of anilines is 1. The number of aryl methyl sites for hydroxylation is 2. The predicted molar refractivity (Wildman–Crippen MR) is 137 cm³/mol. The Kier molecular flexibility index (Phi) is 6.38. The van der Waals surface area contributed by atoms with Gasteiger partial charge in [-0.1, -0.05) is 37.1 Å². The Hall–Kier alpha value is -3.52. The van der Waals surface area contributed by atoms with Crippen molar-refractivity contribution in [2.24, 2.45) is 0 Å². The van der Waals surface area contributed by atoms with Crippen LogP contribution in [0.4, 0.5) is 10.1 Å². The largest absolute Gasteiger partial charge is 0.352 e. The lowest BCUT2D eigenvalue weighted by Crippen LogP contribution is -2.43. The molecule has 2 heterocycles. The highest BCUT2D eigenvalue weighted by Crippen LogP contribution is 2.32. The van der Waals surface area contributed by atoms with E-state index in [2.05, 4.69) is 10.4 Å². The highest BCUT2D eigenvalue weighted by atomic mass is 32.1. The number of carbonyl (C=O) groups is 2. The van der Waals surface area contributed by atoms with Crippen LogP contribution in [-0.2, 0) is 4.79 Å². The summed E-state index contributed by atoms with van der Waals surface area (Å²) in [5, 5.41) is 8.56. The Labute approximate surface area is 207 Å². The first-order valence-electron chi connectivity index (χ1n) is 11.8. The smallest absolute Gasteiger partial charge is 0.268 e. The Bertz CT molecular complexity index is 1390. The van der Waals surface area contributed by atoms with Crippen LogP contribution < -0.4 is 10.2 Å². The van der Waals surface area contributed by atoms with Crippen LogP contribution in [0, 0.1) is 19.7 Å².